The third kappa shape index (κ3) is 2.42. The first-order valence-electron chi connectivity index (χ1n) is 5.51. The number of para-hydroxylation sites is 2. The van der Waals surface area contributed by atoms with Crippen LogP contribution in [0.4, 0.5) is 11.4 Å². The predicted molar refractivity (Wildman–Crippen MR) is 65.7 cm³/mol. The van der Waals surface area contributed by atoms with E-state index in [2.05, 4.69) is 53.9 Å². The fourth-order valence-electron chi connectivity index (χ4n) is 1.98. The maximum absolute atomic E-state index is 3.59. The largest absolute Gasteiger partial charge is 0.379 e. The van der Waals surface area contributed by atoms with Crippen LogP contribution in [0.25, 0.3) is 0 Å². The third-order valence-corrected chi connectivity index (χ3v) is 2.81. The number of hydrogen-bond donors (Lipinski definition) is 2. The van der Waals surface area contributed by atoms with Crippen molar-refractivity contribution < 1.29 is 0 Å². The number of nitrogens with zero attached hydrogens (tertiary/aromatic N) is 1. The van der Waals surface area contributed by atoms with Gasteiger partial charge in [-0.05, 0) is 25.1 Å². The average Bonchev–Trinajstić information content (AvgIpc) is 2.71. The van der Waals surface area contributed by atoms with Crippen molar-refractivity contribution in [3.05, 3.63) is 24.3 Å². The summed E-state index contributed by atoms with van der Waals surface area (Å²) in [5, 5.41) is 6.95. The van der Waals surface area contributed by atoms with Crippen LogP contribution >= 0.6 is 0 Å². The Balaban J connectivity index is 2.12. The molecule has 0 amide bonds. The van der Waals surface area contributed by atoms with E-state index in [0.29, 0.717) is 6.04 Å². The van der Waals surface area contributed by atoms with Crippen LogP contribution in [0.15, 0.2) is 24.3 Å². The van der Waals surface area contributed by atoms with E-state index in [9.17, 15) is 0 Å². The maximum Gasteiger partial charge on any atom is 0.0596 e. The molecular formula is C12H19N3. The van der Waals surface area contributed by atoms with Crippen molar-refractivity contribution in [2.75, 3.05) is 37.4 Å². The molecule has 3 nitrogen and oxygen atoms in total. The predicted octanol–water partition coefficient (Wildman–Crippen LogP) is 1.53. The molecule has 0 spiro atoms. The van der Waals surface area contributed by atoms with E-state index in [1.54, 1.807) is 0 Å². The molecule has 1 aromatic carbocycles. The number of anilines is 2. The van der Waals surface area contributed by atoms with Gasteiger partial charge in [0.05, 0.1) is 11.4 Å². The quantitative estimate of drug-likeness (QED) is 0.783. The highest BCUT2D eigenvalue weighted by molar-refractivity contribution is 5.69. The van der Waals surface area contributed by atoms with Crippen molar-refractivity contribution in [3.8, 4) is 0 Å². The summed E-state index contributed by atoms with van der Waals surface area (Å²) in [7, 11) is 4.15. The Morgan fingerprint density at radius 3 is 2.80 bits per heavy atom. The summed E-state index contributed by atoms with van der Waals surface area (Å²) < 4.78 is 0. The normalized spacial score (nSPS) is 20.3. The van der Waals surface area contributed by atoms with Crippen molar-refractivity contribution in [1.82, 2.24) is 5.32 Å². The van der Waals surface area contributed by atoms with E-state index < -0.39 is 0 Å². The van der Waals surface area contributed by atoms with Gasteiger partial charge < -0.3 is 15.5 Å². The number of hydrogen-bond acceptors (Lipinski definition) is 3. The van der Waals surface area contributed by atoms with Crippen LogP contribution in [0.2, 0.25) is 0 Å². The summed E-state index contributed by atoms with van der Waals surface area (Å²) in [6.45, 7) is 2.20. The van der Waals surface area contributed by atoms with Crippen molar-refractivity contribution in [2.24, 2.45) is 0 Å². The lowest BCUT2D eigenvalue weighted by atomic mass is 10.2. The lowest BCUT2D eigenvalue weighted by Crippen LogP contribution is -2.23. The lowest BCUT2D eigenvalue weighted by Gasteiger charge is -2.21. The SMILES string of the molecule is CN(C)c1ccccc1NC1CCNC1. The second kappa shape index (κ2) is 4.53. The van der Waals surface area contributed by atoms with Crippen molar-refractivity contribution in [1.29, 1.82) is 0 Å². The first-order chi connectivity index (χ1) is 7.27. The molecule has 1 saturated heterocycles. The van der Waals surface area contributed by atoms with Gasteiger partial charge in [0.15, 0.2) is 0 Å². The zero-order valence-corrected chi connectivity index (χ0v) is 9.46. The van der Waals surface area contributed by atoms with E-state index in [-0.39, 0.29) is 0 Å². The second-order valence-corrected chi connectivity index (χ2v) is 4.25. The van der Waals surface area contributed by atoms with Gasteiger partial charge in [-0.2, -0.15) is 0 Å². The minimum atomic E-state index is 0.575. The molecule has 1 fully saturated rings. The highest BCUT2D eigenvalue weighted by atomic mass is 15.1. The molecule has 15 heavy (non-hydrogen) atoms. The minimum Gasteiger partial charge on any atom is -0.379 e. The van der Waals surface area contributed by atoms with Gasteiger partial charge >= 0.3 is 0 Å². The number of rotatable bonds is 3. The Bertz CT molecular complexity index is 316. The van der Waals surface area contributed by atoms with Gasteiger partial charge in [0.25, 0.3) is 0 Å². The molecule has 2 rings (SSSR count). The van der Waals surface area contributed by atoms with Gasteiger partial charge in [0.1, 0.15) is 0 Å². The summed E-state index contributed by atoms with van der Waals surface area (Å²) in [6, 6.07) is 9.02. The Hall–Kier alpha value is -1.22. The summed E-state index contributed by atoms with van der Waals surface area (Å²) >= 11 is 0. The Morgan fingerprint density at radius 1 is 1.33 bits per heavy atom. The Kier molecular flexibility index (Phi) is 3.11. The van der Waals surface area contributed by atoms with Gasteiger partial charge in [0, 0.05) is 26.7 Å². The summed E-state index contributed by atoms with van der Waals surface area (Å²) in [4.78, 5) is 2.14. The van der Waals surface area contributed by atoms with Gasteiger partial charge in [-0.3, -0.25) is 0 Å². The van der Waals surface area contributed by atoms with Crippen LogP contribution in [0.1, 0.15) is 6.42 Å². The average molecular weight is 205 g/mol. The molecule has 1 aliphatic rings. The monoisotopic (exact) mass is 205 g/mol. The van der Waals surface area contributed by atoms with Crippen LogP contribution in [-0.4, -0.2) is 33.2 Å². The van der Waals surface area contributed by atoms with E-state index in [1.165, 1.54) is 17.8 Å². The van der Waals surface area contributed by atoms with Crippen molar-refractivity contribution >= 4 is 11.4 Å². The summed E-state index contributed by atoms with van der Waals surface area (Å²) in [5.74, 6) is 0. The topological polar surface area (TPSA) is 27.3 Å². The summed E-state index contributed by atoms with van der Waals surface area (Å²) in [6.07, 6.45) is 1.21. The molecule has 0 radical (unpaired) electrons. The van der Waals surface area contributed by atoms with Crippen LogP contribution < -0.4 is 15.5 Å². The van der Waals surface area contributed by atoms with E-state index >= 15 is 0 Å². The van der Waals surface area contributed by atoms with Gasteiger partial charge in [-0.25, -0.2) is 0 Å². The molecule has 1 atom stereocenters. The maximum atomic E-state index is 3.59. The molecule has 3 heteroatoms. The Labute approximate surface area is 91.5 Å². The zero-order chi connectivity index (χ0) is 10.7. The lowest BCUT2D eigenvalue weighted by molar-refractivity contribution is 0.793. The first kappa shape index (κ1) is 10.3. The fourth-order valence-corrected chi connectivity index (χ4v) is 1.98. The molecule has 0 bridgehead atoms. The molecule has 0 aromatic heterocycles. The molecule has 1 heterocycles. The van der Waals surface area contributed by atoms with Gasteiger partial charge in [-0.1, -0.05) is 12.1 Å². The van der Waals surface area contributed by atoms with Crippen LogP contribution in [0.5, 0.6) is 0 Å². The molecule has 1 aromatic rings. The van der Waals surface area contributed by atoms with Crippen LogP contribution in [0, 0.1) is 0 Å². The van der Waals surface area contributed by atoms with Gasteiger partial charge in [0.2, 0.25) is 0 Å². The van der Waals surface area contributed by atoms with Crippen LogP contribution in [-0.2, 0) is 0 Å². The molecule has 82 valence electrons. The minimum absolute atomic E-state index is 0.575. The fraction of sp³-hybridized carbons (Fsp3) is 0.500. The standard InChI is InChI=1S/C12H19N3/c1-15(2)12-6-4-3-5-11(12)14-10-7-8-13-9-10/h3-6,10,13-14H,7-9H2,1-2H3. The molecule has 0 aliphatic carbocycles. The smallest absolute Gasteiger partial charge is 0.0596 e. The molecule has 1 aliphatic heterocycles. The highest BCUT2D eigenvalue weighted by Gasteiger charge is 2.15. The highest BCUT2D eigenvalue weighted by Crippen LogP contribution is 2.24. The van der Waals surface area contributed by atoms with E-state index in [4.69, 9.17) is 0 Å². The molecule has 2 N–H and O–H groups in total. The number of benzene rings is 1. The zero-order valence-electron chi connectivity index (χ0n) is 9.46. The van der Waals surface area contributed by atoms with Crippen molar-refractivity contribution in [2.45, 2.75) is 12.5 Å². The third-order valence-electron chi connectivity index (χ3n) is 2.81. The molecule has 1 unspecified atom stereocenters. The second-order valence-electron chi connectivity index (χ2n) is 4.25. The molecule has 0 saturated carbocycles. The van der Waals surface area contributed by atoms with Gasteiger partial charge in [-0.15, -0.1) is 0 Å². The first-order valence-corrected chi connectivity index (χ1v) is 5.51. The number of nitrogens with one attached hydrogen (secondary N) is 2. The van der Waals surface area contributed by atoms with E-state index in [0.717, 1.165) is 13.1 Å². The Morgan fingerprint density at radius 2 is 2.13 bits per heavy atom. The van der Waals surface area contributed by atoms with Crippen molar-refractivity contribution in [3.63, 3.8) is 0 Å². The van der Waals surface area contributed by atoms with E-state index in [1.807, 2.05) is 0 Å². The summed E-state index contributed by atoms with van der Waals surface area (Å²) in [5.41, 5.74) is 2.49. The van der Waals surface area contributed by atoms with Crippen LogP contribution in [0.3, 0.4) is 0 Å². The molecular weight excluding hydrogens is 186 g/mol.